The van der Waals surface area contributed by atoms with Crippen LogP contribution in [-0.4, -0.2) is 23.9 Å². The number of rotatable bonds is 2. The molecule has 3 nitrogen and oxygen atoms in total. The number of hydrogen-bond acceptors (Lipinski definition) is 2. The van der Waals surface area contributed by atoms with Gasteiger partial charge in [0.2, 0.25) is 5.91 Å². The first-order valence-corrected chi connectivity index (χ1v) is 7.35. The quantitative estimate of drug-likeness (QED) is 0.912. The summed E-state index contributed by atoms with van der Waals surface area (Å²) in [5, 5.41) is 0. The fourth-order valence-electron chi connectivity index (χ4n) is 3.59. The minimum Gasteiger partial charge on any atom is -0.340 e. The lowest BCUT2D eigenvalue weighted by Crippen LogP contribution is -2.37. The fourth-order valence-corrected chi connectivity index (χ4v) is 3.59. The summed E-state index contributed by atoms with van der Waals surface area (Å²) in [6, 6.07) is 9.20. The Morgan fingerprint density at radius 2 is 1.65 bits per heavy atom. The molecule has 3 rings (SSSR count). The first-order chi connectivity index (χ1) is 9.25. The Kier molecular flexibility index (Phi) is 5.06. The highest BCUT2D eigenvalue weighted by molar-refractivity contribution is 5.85. The average molecular weight is 295 g/mol. The summed E-state index contributed by atoms with van der Waals surface area (Å²) in [6.07, 6.45) is 5.23. The zero-order valence-corrected chi connectivity index (χ0v) is 12.5. The molecule has 0 spiro atoms. The predicted molar refractivity (Wildman–Crippen MR) is 82.6 cm³/mol. The van der Waals surface area contributed by atoms with Gasteiger partial charge in [0, 0.05) is 13.1 Å². The predicted octanol–water partition coefficient (Wildman–Crippen LogP) is 2.76. The SMILES string of the molecule is Cl.NC(C(=O)N1CC2CCCCC2C1)c1ccccc1. The Labute approximate surface area is 126 Å². The minimum absolute atomic E-state index is 0. The van der Waals surface area contributed by atoms with E-state index in [-0.39, 0.29) is 18.3 Å². The molecule has 1 aromatic rings. The highest BCUT2D eigenvalue weighted by Crippen LogP contribution is 2.36. The van der Waals surface area contributed by atoms with E-state index in [0.29, 0.717) is 0 Å². The molecule has 4 heteroatoms. The van der Waals surface area contributed by atoms with Crippen molar-refractivity contribution >= 4 is 18.3 Å². The van der Waals surface area contributed by atoms with Crippen molar-refractivity contribution in [3.63, 3.8) is 0 Å². The Morgan fingerprint density at radius 3 is 2.20 bits per heavy atom. The van der Waals surface area contributed by atoms with E-state index >= 15 is 0 Å². The summed E-state index contributed by atoms with van der Waals surface area (Å²) < 4.78 is 0. The second-order valence-corrected chi connectivity index (χ2v) is 5.94. The molecule has 2 aliphatic rings. The van der Waals surface area contributed by atoms with Crippen molar-refractivity contribution in [1.82, 2.24) is 4.90 Å². The molecule has 1 aromatic carbocycles. The number of amides is 1. The van der Waals surface area contributed by atoms with E-state index in [4.69, 9.17) is 5.73 Å². The van der Waals surface area contributed by atoms with Crippen molar-refractivity contribution in [2.24, 2.45) is 17.6 Å². The van der Waals surface area contributed by atoms with Crippen molar-refractivity contribution in [3.8, 4) is 0 Å². The zero-order valence-electron chi connectivity index (χ0n) is 11.7. The molecule has 2 N–H and O–H groups in total. The molecule has 1 saturated heterocycles. The van der Waals surface area contributed by atoms with E-state index in [1.807, 2.05) is 35.2 Å². The van der Waals surface area contributed by atoms with E-state index in [0.717, 1.165) is 30.5 Å². The maximum atomic E-state index is 12.5. The van der Waals surface area contributed by atoms with Gasteiger partial charge in [-0.15, -0.1) is 12.4 Å². The zero-order chi connectivity index (χ0) is 13.2. The van der Waals surface area contributed by atoms with E-state index < -0.39 is 6.04 Å². The molecule has 0 radical (unpaired) electrons. The topological polar surface area (TPSA) is 46.3 Å². The van der Waals surface area contributed by atoms with Crippen LogP contribution in [0.25, 0.3) is 0 Å². The molecular weight excluding hydrogens is 272 g/mol. The third-order valence-electron chi connectivity index (χ3n) is 4.71. The molecule has 1 amide bonds. The number of fused-ring (bicyclic) bond motifs is 1. The summed E-state index contributed by atoms with van der Waals surface area (Å²) in [7, 11) is 0. The summed E-state index contributed by atoms with van der Waals surface area (Å²) in [5.74, 6) is 1.54. The average Bonchev–Trinajstić information content (AvgIpc) is 2.90. The standard InChI is InChI=1S/C16H22N2O.ClH/c17-15(12-6-2-1-3-7-12)16(19)18-10-13-8-4-5-9-14(13)11-18;/h1-3,6-7,13-15H,4-5,8-11,17H2;1H. The Balaban J connectivity index is 0.00000147. The van der Waals surface area contributed by atoms with Gasteiger partial charge in [-0.3, -0.25) is 4.79 Å². The molecule has 1 aliphatic carbocycles. The van der Waals surface area contributed by atoms with E-state index in [1.54, 1.807) is 0 Å². The number of carbonyl (C=O) groups is 1. The van der Waals surface area contributed by atoms with Crippen molar-refractivity contribution < 1.29 is 4.79 Å². The molecule has 2 fully saturated rings. The van der Waals surface area contributed by atoms with Gasteiger partial charge in [-0.1, -0.05) is 43.2 Å². The van der Waals surface area contributed by atoms with E-state index in [9.17, 15) is 4.79 Å². The number of likely N-dealkylation sites (tertiary alicyclic amines) is 1. The number of nitrogens with two attached hydrogens (primary N) is 1. The van der Waals surface area contributed by atoms with Gasteiger partial charge < -0.3 is 10.6 Å². The largest absolute Gasteiger partial charge is 0.340 e. The highest BCUT2D eigenvalue weighted by Gasteiger charge is 2.37. The number of halogens is 1. The first kappa shape index (κ1) is 15.3. The number of carbonyl (C=O) groups excluding carboxylic acids is 1. The van der Waals surface area contributed by atoms with E-state index in [2.05, 4.69) is 0 Å². The lowest BCUT2D eigenvalue weighted by Gasteiger charge is -2.22. The summed E-state index contributed by atoms with van der Waals surface area (Å²) in [6.45, 7) is 1.84. The van der Waals surface area contributed by atoms with Gasteiger partial charge in [-0.25, -0.2) is 0 Å². The molecule has 3 unspecified atom stereocenters. The second-order valence-electron chi connectivity index (χ2n) is 5.94. The van der Waals surface area contributed by atoms with Crippen molar-refractivity contribution in [1.29, 1.82) is 0 Å². The van der Waals surface area contributed by atoms with Gasteiger partial charge in [0.1, 0.15) is 6.04 Å². The lowest BCUT2D eigenvalue weighted by atomic mass is 9.82. The van der Waals surface area contributed by atoms with Crippen molar-refractivity contribution in [3.05, 3.63) is 35.9 Å². The minimum atomic E-state index is -0.499. The van der Waals surface area contributed by atoms with Gasteiger partial charge in [0.05, 0.1) is 0 Å². The van der Waals surface area contributed by atoms with Crippen molar-refractivity contribution in [2.75, 3.05) is 13.1 Å². The van der Waals surface area contributed by atoms with Gasteiger partial charge >= 0.3 is 0 Å². The molecule has 1 saturated carbocycles. The molecular formula is C16H23ClN2O. The van der Waals surface area contributed by atoms with Crippen molar-refractivity contribution in [2.45, 2.75) is 31.7 Å². The number of hydrogen-bond donors (Lipinski definition) is 1. The molecule has 3 atom stereocenters. The lowest BCUT2D eigenvalue weighted by molar-refractivity contribution is -0.131. The summed E-state index contributed by atoms with van der Waals surface area (Å²) in [5.41, 5.74) is 7.04. The summed E-state index contributed by atoms with van der Waals surface area (Å²) in [4.78, 5) is 14.5. The maximum absolute atomic E-state index is 12.5. The van der Waals surface area contributed by atoms with Crippen LogP contribution in [0.1, 0.15) is 37.3 Å². The Morgan fingerprint density at radius 1 is 1.10 bits per heavy atom. The van der Waals surface area contributed by atoms with Crippen LogP contribution in [0.3, 0.4) is 0 Å². The molecule has 0 aromatic heterocycles. The van der Waals surface area contributed by atoms with Crippen LogP contribution in [0.2, 0.25) is 0 Å². The Bertz CT molecular complexity index is 437. The normalized spacial score (nSPS) is 26.6. The smallest absolute Gasteiger partial charge is 0.244 e. The first-order valence-electron chi connectivity index (χ1n) is 7.35. The number of nitrogens with zero attached hydrogens (tertiary/aromatic N) is 1. The second kappa shape index (κ2) is 6.59. The van der Waals surface area contributed by atoms with Crippen LogP contribution in [-0.2, 0) is 4.79 Å². The van der Waals surface area contributed by atoms with Crippen LogP contribution in [0.5, 0.6) is 0 Å². The molecule has 20 heavy (non-hydrogen) atoms. The maximum Gasteiger partial charge on any atom is 0.244 e. The van der Waals surface area contributed by atoms with Gasteiger partial charge in [-0.05, 0) is 30.2 Å². The molecule has 0 bridgehead atoms. The van der Waals surface area contributed by atoms with Gasteiger partial charge in [0.15, 0.2) is 0 Å². The third-order valence-corrected chi connectivity index (χ3v) is 4.71. The van der Waals surface area contributed by atoms with Crippen LogP contribution in [0, 0.1) is 11.8 Å². The molecule has 1 aliphatic heterocycles. The van der Waals surface area contributed by atoms with Crippen LogP contribution >= 0.6 is 12.4 Å². The molecule has 1 heterocycles. The molecule has 110 valence electrons. The van der Waals surface area contributed by atoms with Crippen LogP contribution < -0.4 is 5.73 Å². The monoisotopic (exact) mass is 294 g/mol. The van der Waals surface area contributed by atoms with Crippen LogP contribution in [0.15, 0.2) is 30.3 Å². The van der Waals surface area contributed by atoms with E-state index in [1.165, 1.54) is 25.7 Å². The van der Waals surface area contributed by atoms with Gasteiger partial charge in [-0.2, -0.15) is 0 Å². The fraction of sp³-hybridized carbons (Fsp3) is 0.562. The third kappa shape index (κ3) is 2.99. The highest BCUT2D eigenvalue weighted by atomic mass is 35.5. The number of benzene rings is 1. The van der Waals surface area contributed by atoms with Crippen LogP contribution in [0.4, 0.5) is 0 Å². The summed E-state index contributed by atoms with van der Waals surface area (Å²) >= 11 is 0. The van der Waals surface area contributed by atoms with Gasteiger partial charge in [0.25, 0.3) is 0 Å². The Hall–Kier alpha value is -1.06.